The number of para-hydroxylation sites is 2. The second-order valence-corrected chi connectivity index (χ2v) is 8.18. The molecule has 4 rings (SSSR count). The summed E-state index contributed by atoms with van der Waals surface area (Å²) in [6.45, 7) is 6.31. The molecule has 2 heterocycles. The third-order valence-electron chi connectivity index (χ3n) is 5.34. The minimum atomic E-state index is -0.175. The molecule has 6 heteroatoms. The van der Waals surface area contributed by atoms with Crippen molar-refractivity contribution < 1.29 is 9.59 Å². The first-order chi connectivity index (χ1) is 14.0. The highest BCUT2D eigenvalue weighted by atomic mass is 32.2. The van der Waals surface area contributed by atoms with Gasteiger partial charge in [0.05, 0.1) is 22.6 Å². The number of rotatable bonds is 4. The molecule has 148 valence electrons. The number of anilines is 2. The summed E-state index contributed by atoms with van der Waals surface area (Å²) in [5.41, 5.74) is 5.91. The highest BCUT2D eigenvalue weighted by molar-refractivity contribution is 8.00. The zero-order valence-corrected chi connectivity index (χ0v) is 17.6. The van der Waals surface area contributed by atoms with E-state index in [1.807, 2.05) is 24.3 Å². The number of aromatic nitrogens is 1. The maximum absolute atomic E-state index is 13.0. The summed E-state index contributed by atoms with van der Waals surface area (Å²) in [5.74, 6) is -0.0359. The van der Waals surface area contributed by atoms with Crippen LogP contribution in [0.25, 0.3) is 10.9 Å². The van der Waals surface area contributed by atoms with Crippen molar-refractivity contribution in [1.29, 1.82) is 0 Å². The predicted molar refractivity (Wildman–Crippen MR) is 119 cm³/mol. The third kappa shape index (κ3) is 3.72. The summed E-state index contributed by atoms with van der Waals surface area (Å²) >= 11 is 1.44. The minimum Gasteiger partial charge on any atom is -0.323 e. The molecule has 1 aliphatic heterocycles. The monoisotopic (exact) mass is 405 g/mol. The first-order valence-electron chi connectivity index (χ1n) is 9.69. The lowest BCUT2D eigenvalue weighted by Crippen LogP contribution is -2.43. The number of hydrogen-bond donors (Lipinski definition) is 1. The summed E-state index contributed by atoms with van der Waals surface area (Å²) in [7, 11) is 0. The quantitative estimate of drug-likeness (QED) is 0.650. The summed E-state index contributed by atoms with van der Waals surface area (Å²) < 4.78 is 0. The zero-order chi connectivity index (χ0) is 20.5. The van der Waals surface area contributed by atoms with E-state index in [0.717, 1.165) is 33.6 Å². The van der Waals surface area contributed by atoms with Gasteiger partial charge in [0.25, 0.3) is 0 Å². The fourth-order valence-electron chi connectivity index (χ4n) is 3.55. The summed E-state index contributed by atoms with van der Waals surface area (Å²) in [6.07, 6.45) is 0.849. The Hall–Kier alpha value is -2.86. The van der Waals surface area contributed by atoms with Gasteiger partial charge < -0.3 is 10.2 Å². The maximum atomic E-state index is 13.0. The fourth-order valence-corrected chi connectivity index (χ4v) is 4.51. The van der Waals surface area contributed by atoms with Crippen molar-refractivity contribution in [3.63, 3.8) is 0 Å². The molecule has 29 heavy (non-hydrogen) atoms. The van der Waals surface area contributed by atoms with E-state index in [1.165, 1.54) is 22.9 Å². The Kier molecular flexibility index (Phi) is 5.28. The number of pyridine rings is 1. The van der Waals surface area contributed by atoms with E-state index in [2.05, 4.69) is 44.3 Å². The lowest BCUT2D eigenvalue weighted by molar-refractivity contribution is -0.120. The molecular weight excluding hydrogens is 382 g/mol. The first-order valence-corrected chi connectivity index (χ1v) is 10.7. The van der Waals surface area contributed by atoms with Crippen LogP contribution >= 0.6 is 11.8 Å². The second kappa shape index (κ2) is 7.87. The van der Waals surface area contributed by atoms with E-state index in [1.54, 1.807) is 4.90 Å². The lowest BCUT2D eigenvalue weighted by Gasteiger charge is -2.29. The molecule has 0 atom stereocenters. The standard InChI is InChI=1S/C23H23N3O2S/c1-4-16-11-17-10-9-14(2)15(3)22(17)25-23(16)29-13-21(28)26-12-20(27)24-18-7-5-6-8-19(18)26/h5-11H,4,12-13H2,1-3H3,(H,24,27). The van der Waals surface area contributed by atoms with Gasteiger partial charge in [-0.05, 0) is 55.2 Å². The van der Waals surface area contributed by atoms with Gasteiger partial charge in [0.2, 0.25) is 11.8 Å². The van der Waals surface area contributed by atoms with Crippen LogP contribution in [0.2, 0.25) is 0 Å². The molecule has 1 aromatic heterocycles. The van der Waals surface area contributed by atoms with Gasteiger partial charge in [0, 0.05) is 5.39 Å². The molecule has 0 aliphatic carbocycles. The van der Waals surface area contributed by atoms with Crippen molar-refractivity contribution in [2.75, 3.05) is 22.5 Å². The Morgan fingerprint density at radius 1 is 1.21 bits per heavy atom. The van der Waals surface area contributed by atoms with Crippen LogP contribution < -0.4 is 10.2 Å². The molecular formula is C23H23N3O2S. The number of nitrogens with one attached hydrogen (secondary N) is 1. The van der Waals surface area contributed by atoms with E-state index in [4.69, 9.17) is 4.98 Å². The molecule has 0 spiro atoms. The third-order valence-corrected chi connectivity index (χ3v) is 6.35. The summed E-state index contributed by atoms with van der Waals surface area (Å²) in [4.78, 5) is 31.4. The van der Waals surface area contributed by atoms with Gasteiger partial charge in [0.1, 0.15) is 11.6 Å². The lowest BCUT2D eigenvalue weighted by atomic mass is 10.0. The van der Waals surface area contributed by atoms with Gasteiger partial charge in [-0.3, -0.25) is 9.59 Å². The van der Waals surface area contributed by atoms with Gasteiger partial charge in [0.15, 0.2) is 0 Å². The number of carbonyl (C=O) groups is 2. The number of amides is 2. The van der Waals surface area contributed by atoms with E-state index in [-0.39, 0.29) is 24.1 Å². The van der Waals surface area contributed by atoms with E-state index in [9.17, 15) is 9.59 Å². The predicted octanol–water partition coefficient (Wildman–Crippen LogP) is 4.49. The second-order valence-electron chi connectivity index (χ2n) is 7.22. The van der Waals surface area contributed by atoms with Crippen molar-refractivity contribution in [2.24, 2.45) is 0 Å². The Bertz CT molecular complexity index is 1130. The van der Waals surface area contributed by atoms with Crippen LogP contribution in [0.3, 0.4) is 0 Å². The average Bonchev–Trinajstić information content (AvgIpc) is 2.73. The number of fused-ring (bicyclic) bond motifs is 2. The normalized spacial score (nSPS) is 13.3. The average molecular weight is 406 g/mol. The smallest absolute Gasteiger partial charge is 0.244 e. The van der Waals surface area contributed by atoms with Crippen molar-refractivity contribution in [3.05, 3.63) is 59.2 Å². The highest BCUT2D eigenvalue weighted by Crippen LogP contribution is 2.31. The minimum absolute atomic E-state index is 0.0422. The molecule has 0 bridgehead atoms. The van der Waals surface area contributed by atoms with Crippen LogP contribution in [0.15, 0.2) is 47.5 Å². The molecule has 1 aliphatic rings. The molecule has 5 nitrogen and oxygen atoms in total. The van der Waals surface area contributed by atoms with Crippen LogP contribution in [-0.4, -0.2) is 29.1 Å². The molecule has 2 aromatic carbocycles. The summed E-state index contributed by atoms with van der Waals surface area (Å²) in [5, 5.41) is 4.83. The van der Waals surface area contributed by atoms with Crippen molar-refractivity contribution in [1.82, 2.24) is 4.98 Å². The van der Waals surface area contributed by atoms with Crippen molar-refractivity contribution in [3.8, 4) is 0 Å². The van der Waals surface area contributed by atoms with E-state index < -0.39 is 0 Å². The highest BCUT2D eigenvalue weighted by Gasteiger charge is 2.26. The number of hydrogen-bond acceptors (Lipinski definition) is 4. The molecule has 2 amide bonds. The maximum Gasteiger partial charge on any atom is 0.244 e. The molecule has 3 aromatic rings. The van der Waals surface area contributed by atoms with Gasteiger partial charge in [-0.25, -0.2) is 4.98 Å². The molecule has 0 unspecified atom stereocenters. The topological polar surface area (TPSA) is 62.3 Å². The number of thioether (sulfide) groups is 1. The molecule has 0 fully saturated rings. The Balaban J connectivity index is 1.60. The first kappa shape index (κ1) is 19.5. The Labute approximate surface area is 174 Å². The van der Waals surface area contributed by atoms with Gasteiger partial charge in [-0.15, -0.1) is 0 Å². The molecule has 1 N–H and O–H groups in total. The van der Waals surface area contributed by atoms with Crippen LogP contribution in [0.5, 0.6) is 0 Å². The summed E-state index contributed by atoms with van der Waals surface area (Å²) in [6, 6.07) is 13.8. The Morgan fingerprint density at radius 2 is 2.00 bits per heavy atom. The van der Waals surface area contributed by atoms with Gasteiger partial charge in [-0.1, -0.05) is 43.0 Å². The van der Waals surface area contributed by atoms with Crippen molar-refractivity contribution >= 4 is 45.9 Å². The number of benzene rings is 2. The van der Waals surface area contributed by atoms with Crippen LogP contribution in [-0.2, 0) is 16.0 Å². The van der Waals surface area contributed by atoms with Crippen molar-refractivity contribution in [2.45, 2.75) is 32.2 Å². The van der Waals surface area contributed by atoms with Gasteiger partial charge >= 0.3 is 0 Å². The van der Waals surface area contributed by atoms with Gasteiger partial charge in [-0.2, -0.15) is 0 Å². The number of aryl methyl sites for hydroxylation is 3. The van der Waals surface area contributed by atoms with Crippen LogP contribution in [0, 0.1) is 13.8 Å². The zero-order valence-electron chi connectivity index (χ0n) is 16.8. The van der Waals surface area contributed by atoms with E-state index >= 15 is 0 Å². The number of carbonyl (C=O) groups excluding carboxylic acids is 2. The number of nitrogens with zero attached hydrogens (tertiary/aromatic N) is 2. The fraction of sp³-hybridized carbons (Fsp3) is 0.261. The molecule has 0 saturated carbocycles. The molecule has 0 saturated heterocycles. The SMILES string of the molecule is CCc1cc2ccc(C)c(C)c2nc1SCC(=O)N1CC(=O)Nc2ccccc21. The largest absolute Gasteiger partial charge is 0.323 e. The van der Waals surface area contributed by atoms with Crippen LogP contribution in [0.1, 0.15) is 23.6 Å². The Morgan fingerprint density at radius 3 is 2.79 bits per heavy atom. The molecule has 0 radical (unpaired) electrons. The van der Waals surface area contributed by atoms with E-state index in [0.29, 0.717) is 5.69 Å². The van der Waals surface area contributed by atoms with Crippen LogP contribution in [0.4, 0.5) is 11.4 Å².